The Morgan fingerprint density at radius 1 is 1.33 bits per heavy atom. The fraction of sp³-hybridized carbons (Fsp3) is 0.615. The van der Waals surface area contributed by atoms with Crippen molar-refractivity contribution < 1.29 is 18.8 Å². The molecule has 8 nitrogen and oxygen atoms in total. The fourth-order valence-corrected chi connectivity index (χ4v) is 2.06. The van der Waals surface area contributed by atoms with Gasteiger partial charge in [-0.1, -0.05) is 12.1 Å². The highest BCUT2D eigenvalue weighted by atomic mass is 16.5. The molecule has 1 saturated heterocycles. The summed E-state index contributed by atoms with van der Waals surface area (Å²) in [5.74, 6) is 0.494. The lowest BCUT2D eigenvalue weighted by atomic mass is 10.2. The van der Waals surface area contributed by atoms with Crippen LogP contribution in [0.5, 0.6) is 0 Å². The first-order valence-electron chi connectivity index (χ1n) is 6.97. The Bertz CT molecular complexity index is 508. The van der Waals surface area contributed by atoms with E-state index in [1.165, 1.54) is 0 Å². The van der Waals surface area contributed by atoms with Crippen molar-refractivity contribution in [2.45, 2.75) is 20.3 Å². The molecule has 1 aliphatic rings. The van der Waals surface area contributed by atoms with E-state index in [-0.39, 0.29) is 12.5 Å². The molecule has 0 bridgehead atoms. The summed E-state index contributed by atoms with van der Waals surface area (Å²) in [7, 11) is 0. The number of aryl methyl sites for hydroxylation is 2. The predicted molar refractivity (Wildman–Crippen MR) is 75.0 cm³/mol. The van der Waals surface area contributed by atoms with E-state index in [2.05, 4.69) is 15.8 Å². The van der Waals surface area contributed by atoms with E-state index in [1.807, 2.05) is 6.92 Å². The van der Waals surface area contributed by atoms with Crippen molar-refractivity contribution in [1.82, 2.24) is 15.4 Å². The molecule has 8 heteroatoms. The Hall–Kier alpha value is -2.09. The number of aromatic nitrogens is 1. The van der Waals surface area contributed by atoms with Gasteiger partial charge in [-0.3, -0.25) is 4.79 Å². The monoisotopic (exact) mass is 296 g/mol. The Morgan fingerprint density at radius 3 is 2.71 bits per heavy atom. The van der Waals surface area contributed by atoms with E-state index in [0.29, 0.717) is 49.9 Å². The predicted octanol–water partition coefficient (Wildman–Crippen LogP) is 0.526. The molecule has 1 fully saturated rings. The molecule has 21 heavy (non-hydrogen) atoms. The van der Waals surface area contributed by atoms with Gasteiger partial charge < -0.3 is 24.8 Å². The number of nitrogens with one attached hydrogen (secondary N) is 2. The lowest BCUT2D eigenvalue weighted by molar-refractivity contribution is -0.134. The van der Waals surface area contributed by atoms with Gasteiger partial charge in [0.25, 0.3) is 0 Å². The third-order valence-corrected chi connectivity index (χ3v) is 3.26. The smallest absolute Gasteiger partial charge is 0.319 e. The maximum absolute atomic E-state index is 11.9. The molecule has 0 spiro atoms. The molecule has 1 aromatic rings. The molecule has 1 aromatic heterocycles. The van der Waals surface area contributed by atoms with Crippen molar-refractivity contribution in [3.63, 3.8) is 0 Å². The van der Waals surface area contributed by atoms with Crippen LogP contribution in [0, 0.1) is 6.92 Å². The van der Waals surface area contributed by atoms with Crippen molar-refractivity contribution in [2.24, 2.45) is 0 Å². The van der Waals surface area contributed by atoms with Gasteiger partial charge in [0.1, 0.15) is 11.4 Å². The fourth-order valence-electron chi connectivity index (χ4n) is 2.06. The van der Waals surface area contributed by atoms with E-state index in [1.54, 1.807) is 11.8 Å². The van der Waals surface area contributed by atoms with E-state index in [0.717, 1.165) is 0 Å². The summed E-state index contributed by atoms with van der Waals surface area (Å²) in [5.41, 5.74) is 1.18. The van der Waals surface area contributed by atoms with Gasteiger partial charge in [-0.25, -0.2) is 4.79 Å². The summed E-state index contributed by atoms with van der Waals surface area (Å²) in [5, 5.41) is 9.01. The number of hydrogen-bond donors (Lipinski definition) is 2. The van der Waals surface area contributed by atoms with Crippen LogP contribution in [-0.2, 0) is 16.0 Å². The number of rotatable bonds is 4. The lowest BCUT2D eigenvalue weighted by Crippen LogP contribution is -2.46. The Balaban J connectivity index is 1.81. The van der Waals surface area contributed by atoms with Crippen LogP contribution in [0.2, 0.25) is 0 Å². The summed E-state index contributed by atoms with van der Waals surface area (Å²) in [6.07, 6.45) is 0.628. The normalized spacial score (nSPS) is 14.9. The molecule has 0 radical (unpaired) electrons. The molecule has 0 unspecified atom stereocenters. The van der Waals surface area contributed by atoms with Crippen LogP contribution in [0.4, 0.5) is 10.5 Å². The molecule has 2 heterocycles. The molecule has 1 aliphatic heterocycles. The number of morpholine rings is 1. The van der Waals surface area contributed by atoms with Crippen LogP contribution < -0.4 is 10.6 Å². The minimum absolute atomic E-state index is 0.0440. The SMILES string of the molecule is CCc1onc(C)c1NC(=O)NCC(=O)N1CCOCC1. The van der Waals surface area contributed by atoms with Gasteiger partial charge in [0.05, 0.1) is 19.8 Å². The largest absolute Gasteiger partial charge is 0.378 e. The number of urea groups is 1. The first-order valence-corrected chi connectivity index (χ1v) is 6.97. The highest BCUT2D eigenvalue weighted by molar-refractivity contribution is 5.93. The molecule has 2 N–H and O–H groups in total. The molecule has 0 aromatic carbocycles. The third kappa shape index (κ3) is 3.94. The van der Waals surface area contributed by atoms with Crippen molar-refractivity contribution >= 4 is 17.6 Å². The van der Waals surface area contributed by atoms with Crippen LogP contribution in [0.3, 0.4) is 0 Å². The average Bonchev–Trinajstić information content (AvgIpc) is 2.86. The van der Waals surface area contributed by atoms with Crippen LogP contribution in [0.15, 0.2) is 4.52 Å². The second-order valence-corrected chi connectivity index (χ2v) is 4.72. The summed E-state index contributed by atoms with van der Waals surface area (Å²) < 4.78 is 10.3. The zero-order valence-electron chi connectivity index (χ0n) is 12.3. The number of amides is 3. The zero-order chi connectivity index (χ0) is 15.2. The summed E-state index contributed by atoms with van der Waals surface area (Å²) in [6.45, 7) is 5.81. The van der Waals surface area contributed by atoms with Gasteiger partial charge in [-0.15, -0.1) is 0 Å². The quantitative estimate of drug-likeness (QED) is 0.844. The molecule has 2 rings (SSSR count). The summed E-state index contributed by atoms with van der Waals surface area (Å²) in [4.78, 5) is 25.4. The highest BCUT2D eigenvalue weighted by Gasteiger charge is 2.18. The van der Waals surface area contributed by atoms with Crippen molar-refractivity contribution in [1.29, 1.82) is 0 Å². The van der Waals surface area contributed by atoms with Crippen molar-refractivity contribution in [2.75, 3.05) is 38.2 Å². The number of anilines is 1. The third-order valence-electron chi connectivity index (χ3n) is 3.26. The molecular formula is C13H20N4O4. The number of hydrogen-bond acceptors (Lipinski definition) is 5. The van der Waals surface area contributed by atoms with Crippen molar-refractivity contribution in [3.05, 3.63) is 11.5 Å². The van der Waals surface area contributed by atoms with Gasteiger partial charge in [-0.2, -0.15) is 0 Å². The summed E-state index contributed by atoms with van der Waals surface area (Å²) in [6, 6.07) is -0.447. The maximum Gasteiger partial charge on any atom is 0.319 e. The standard InChI is InChI=1S/C13H20N4O4/c1-3-10-12(9(2)16-21-10)15-13(19)14-8-11(18)17-4-6-20-7-5-17/h3-8H2,1-2H3,(H2,14,15,19). The number of carbonyl (C=O) groups is 2. The van der Waals surface area contributed by atoms with Crippen LogP contribution in [0.25, 0.3) is 0 Å². The van der Waals surface area contributed by atoms with E-state index < -0.39 is 6.03 Å². The summed E-state index contributed by atoms with van der Waals surface area (Å²) >= 11 is 0. The van der Waals surface area contributed by atoms with Gasteiger partial charge in [0.2, 0.25) is 5.91 Å². The van der Waals surface area contributed by atoms with E-state index in [4.69, 9.17) is 9.26 Å². The number of ether oxygens (including phenoxy) is 1. The van der Waals surface area contributed by atoms with E-state index in [9.17, 15) is 9.59 Å². The van der Waals surface area contributed by atoms with Crippen LogP contribution in [-0.4, -0.2) is 54.8 Å². The maximum atomic E-state index is 11.9. The highest BCUT2D eigenvalue weighted by Crippen LogP contribution is 2.20. The van der Waals surface area contributed by atoms with E-state index >= 15 is 0 Å². The van der Waals surface area contributed by atoms with Crippen LogP contribution >= 0.6 is 0 Å². The Morgan fingerprint density at radius 2 is 2.05 bits per heavy atom. The number of nitrogens with zero attached hydrogens (tertiary/aromatic N) is 2. The topological polar surface area (TPSA) is 96.7 Å². The lowest BCUT2D eigenvalue weighted by Gasteiger charge is -2.26. The molecule has 116 valence electrons. The second-order valence-electron chi connectivity index (χ2n) is 4.72. The van der Waals surface area contributed by atoms with Crippen molar-refractivity contribution in [3.8, 4) is 0 Å². The van der Waals surface area contributed by atoms with Gasteiger partial charge in [0, 0.05) is 19.5 Å². The molecule has 3 amide bonds. The second kappa shape index (κ2) is 7.07. The first kappa shape index (κ1) is 15.3. The van der Waals surface area contributed by atoms with Gasteiger partial charge in [0.15, 0.2) is 5.76 Å². The Kier molecular flexibility index (Phi) is 5.15. The molecule has 0 atom stereocenters. The molecular weight excluding hydrogens is 276 g/mol. The molecule has 0 aliphatic carbocycles. The van der Waals surface area contributed by atoms with Gasteiger partial charge in [-0.05, 0) is 6.92 Å². The minimum atomic E-state index is -0.447. The van der Waals surface area contributed by atoms with Crippen LogP contribution in [0.1, 0.15) is 18.4 Å². The molecule has 0 saturated carbocycles. The zero-order valence-corrected chi connectivity index (χ0v) is 12.3. The Labute approximate surface area is 122 Å². The van der Waals surface area contributed by atoms with Gasteiger partial charge >= 0.3 is 6.03 Å². The average molecular weight is 296 g/mol. The first-order chi connectivity index (χ1) is 10.1. The minimum Gasteiger partial charge on any atom is -0.378 e. The number of carbonyl (C=O) groups excluding carboxylic acids is 2.